The van der Waals surface area contributed by atoms with Gasteiger partial charge in [0.1, 0.15) is 18.0 Å². The average Bonchev–Trinajstić information content (AvgIpc) is 2.73. The molecule has 1 aliphatic rings. The van der Waals surface area contributed by atoms with E-state index in [-0.39, 0.29) is 0 Å². The topological polar surface area (TPSA) is 32.7 Å². The molecule has 0 spiro atoms. The van der Waals surface area contributed by atoms with Gasteiger partial charge in [0.2, 0.25) is 0 Å². The molecule has 0 N–H and O–H groups in total. The SMILES string of the molecule is O=CC1CC(C(F)(F)F)=NN1c1ccccc1. The van der Waals surface area contributed by atoms with E-state index in [1.165, 1.54) is 0 Å². The lowest BCUT2D eigenvalue weighted by atomic mass is 10.1. The quantitative estimate of drug-likeness (QED) is 0.746. The van der Waals surface area contributed by atoms with Gasteiger partial charge in [-0.15, -0.1) is 0 Å². The molecular formula is C11H9F3N2O. The molecule has 0 aromatic heterocycles. The molecule has 1 aliphatic heterocycles. The smallest absolute Gasteiger partial charge is 0.301 e. The minimum Gasteiger partial charge on any atom is -0.301 e. The highest BCUT2D eigenvalue weighted by Gasteiger charge is 2.43. The Morgan fingerprint density at radius 2 is 1.94 bits per heavy atom. The predicted molar refractivity (Wildman–Crippen MR) is 56.9 cm³/mol. The van der Waals surface area contributed by atoms with Gasteiger partial charge in [-0.25, -0.2) is 0 Å². The molecule has 0 bridgehead atoms. The number of para-hydroxylation sites is 1. The minimum atomic E-state index is -4.48. The lowest BCUT2D eigenvalue weighted by molar-refractivity contribution is -0.108. The Kier molecular flexibility index (Phi) is 2.87. The monoisotopic (exact) mass is 242 g/mol. The van der Waals surface area contributed by atoms with Crippen LogP contribution in [0.2, 0.25) is 0 Å². The van der Waals surface area contributed by atoms with Crippen LogP contribution in [0.5, 0.6) is 0 Å². The van der Waals surface area contributed by atoms with Gasteiger partial charge in [0, 0.05) is 6.42 Å². The summed E-state index contributed by atoms with van der Waals surface area (Å²) in [5, 5.41) is 4.58. The molecule has 1 unspecified atom stereocenters. The van der Waals surface area contributed by atoms with Crippen molar-refractivity contribution < 1.29 is 18.0 Å². The maximum atomic E-state index is 12.5. The number of hydrogen-bond acceptors (Lipinski definition) is 3. The summed E-state index contributed by atoms with van der Waals surface area (Å²) in [7, 11) is 0. The molecule has 1 aromatic carbocycles. The van der Waals surface area contributed by atoms with E-state index in [0.717, 1.165) is 5.01 Å². The van der Waals surface area contributed by atoms with Crippen LogP contribution in [0.15, 0.2) is 35.4 Å². The maximum Gasteiger partial charge on any atom is 0.431 e. The summed E-state index contributed by atoms with van der Waals surface area (Å²) in [5.74, 6) is 0. The molecule has 2 rings (SSSR count). The van der Waals surface area contributed by atoms with Gasteiger partial charge >= 0.3 is 6.18 Å². The van der Waals surface area contributed by atoms with Crippen molar-refractivity contribution in [1.29, 1.82) is 0 Å². The van der Waals surface area contributed by atoms with Crippen LogP contribution in [-0.2, 0) is 4.79 Å². The van der Waals surface area contributed by atoms with Gasteiger partial charge in [-0.3, -0.25) is 5.01 Å². The average molecular weight is 242 g/mol. The number of nitrogens with zero attached hydrogens (tertiary/aromatic N) is 2. The number of hydrogen-bond donors (Lipinski definition) is 0. The Labute approximate surface area is 95.5 Å². The summed E-state index contributed by atoms with van der Waals surface area (Å²) in [5.41, 5.74) is -0.442. The van der Waals surface area contributed by atoms with Crippen molar-refractivity contribution in [3.8, 4) is 0 Å². The van der Waals surface area contributed by atoms with E-state index in [9.17, 15) is 18.0 Å². The van der Waals surface area contributed by atoms with Crippen molar-refractivity contribution in [1.82, 2.24) is 0 Å². The van der Waals surface area contributed by atoms with Crippen molar-refractivity contribution in [3.63, 3.8) is 0 Å². The summed E-state index contributed by atoms with van der Waals surface area (Å²) >= 11 is 0. The number of carbonyl (C=O) groups is 1. The Hall–Kier alpha value is -1.85. The number of rotatable bonds is 2. The van der Waals surface area contributed by atoms with Gasteiger partial charge in [-0.05, 0) is 12.1 Å². The standard InChI is InChI=1S/C11H9F3N2O/c12-11(13,14)10-6-9(7-17)16(15-10)8-4-2-1-3-5-8/h1-5,7,9H,6H2. The third kappa shape index (κ3) is 2.30. The van der Waals surface area contributed by atoms with Crippen molar-refractivity contribution in [3.05, 3.63) is 30.3 Å². The van der Waals surface area contributed by atoms with E-state index in [1.807, 2.05) is 0 Å². The second-order valence-electron chi connectivity index (χ2n) is 3.63. The second-order valence-corrected chi connectivity index (χ2v) is 3.63. The molecule has 1 heterocycles. The number of alkyl halides is 3. The fourth-order valence-corrected chi connectivity index (χ4v) is 1.64. The third-order valence-corrected chi connectivity index (χ3v) is 2.45. The van der Waals surface area contributed by atoms with Crippen LogP contribution in [0.4, 0.5) is 18.9 Å². The molecule has 3 nitrogen and oxygen atoms in total. The van der Waals surface area contributed by atoms with E-state index in [2.05, 4.69) is 5.10 Å². The van der Waals surface area contributed by atoms with E-state index < -0.39 is 24.4 Å². The van der Waals surface area contributed by atoms with Crippen molar-refractivity contribution >= 4 is 17.7 Å². The van der Waals surface area contributed by atoms with Gasteiger partial charge in [-0.2, -0.15) is 18.3 Å². The lowest BCUT2D eigenvalue weighted by Crippen LogP contribution is -2.28. The number of aldehydes is 1. The summed E-state index contributed by atoms with van der Waals surface area (Å²) in [6.07, 6.45) is -4.40. The molecule has 1 aromatic rings. The molecule has 0 aliphatic carbocycles. The Bertz CT molecular complexity index is 442. The number of hydrazone groups is 1. The molecule has 17 heavy (non-hydrogen) atoms. The number of halogens is 3. The molecule has 0 saturated heterocycles. The third-order valence-electron chi connectivity index (χ3n) is 2.45. The largest absolute Gasteiger partial charge is 0.431 e. The Morgan fingerprint density at radius 1 is 1.29 bits per heavy atom. The Balaban J connectivity index is 2.32. The summed E-state index contributed by atoms with van der Waals surface area (Å²) in [6, 6.07) is 7.44. The summed E-state index contributed by atoms with van der Waals surface area (Å²) in [4.78, 5) is 10.8. The fraction of sp³-hybridized carbons (Fsp3) is 0.273. The molecule has 90 valence electrons. The van der Waals surface area contributed by atoms with Gasteiger partial charge in [0.05, 0.1) is 5.69 Å². The first-order valence-electron chi connectivity index (χ1n) is 4.96. The normalized spacial score (nSPS) is 20.3. The summed E-state index contributed by atoms with van der Waals surface area (Å²) in [6.45, 7) is 0. The number of benzene rings is 1. The second kappa shape index (κ2) is 4.20. The van der Waals surface area contributed by atoms with Crippen molar-refractivity contribution in [2.24, 2.45) is 5.10 Å². The van der Waals surface area contributed by atoms with Crippen LogP contribution in [-0.4, -0.2) is 24.2 Å². The zero-order chi connectivity index (χ0) is 12.5. The van der Waals surface area contributed by atoms with E-state index in [0.29, 0.717) is 12.0 Å². The molecule has 0 saturated carbocycles. The first-order chi connectivity index (χ1) is 8.02. The minimum absolute atomic E-state index is 0.401. The number of anilines is 1. The highest BCUT2D eigenvalue weighted by molar-refractivity contribution is 5.96. The van der Waals surface area contributed by atoms with Gasteiger partial charge in [0.25, 0.3) is 0 Å². The van der Waals surface area contributed by atoms with Crippen LogP contribution in [0, 0.1) is 0 Å². The van der Waals surface area contributed by atoms with Crippen molar-refractivity contribution in [2.45, 2.75) is 18.6 Å². The van der Waals surface area contributed by atoms with E-state index in [4.69, 9.17) is 0 Å². The first-order valence-corrected chi connectivity index (χ1v) is 4.96. The zero-order valence-electron chi connectivity index (χ0n) is 8.69. The lowest BCUT2D eigenvalue weighted by Gasteiger charge is -2.18. The Morgan fingerprint density at radius 3 is 2.47 bits per heavy atom. The zero-order valence-corrected chi connectivity index (χ0v) is 8.69. The highest BCUT2D eigenvalue weighted by Crippen LogP contribution is 2.30. The molecule has 0 fully saturated rings. The summed E-state index contributed by atoms with van der Waals surface area (Å²) < 4.78 is 37.5. The molecule has 0 amide bonds. The van der Waals surface area contributed by atoms with Crippen LogP contribution < -0.4 is 5.01 Å². The van der Waals surface area contributed by atoms with Crippen LogP contribution >= 0.6 is 0 Å². The highest BCUT2D eigenvalue weighted by atomic mass is 19.4. The molecular weight excluding hydrogens is 233 g/mol. The van der Waals surface area contributed by atoms with Crippen LogP contribution in [0.25, 0.3) is 0 Å². The van der Waals surface area contributed by atoms with Gasteiger partial charge < -0.3 is 4.79 Å². The van der Waals surface area contributed by atoms with Crippen molar-refractivity contribution in [2.75, 3.05) is 5.01 Å². The fourth-order valence-electron chi connectivity index (χ4n) is 1.64. The van der Waals surface area contributed by atoms with Crippen LogP contribution in [0.3, 0.4) is 0 Å². The molecule has 6 heteroatoms. The van der Waals surface area contributed by atoms with Gasteiger partial charge in [-0.1, -0.05) is 18.2 Å². The van der Waals surface area contributed by atoms with E-state index >= 15 is 0 Å². The molecule has 0 radical (unpaired) electrons. The maximum absolute atomic E-state index is 12.5. The van der Waals surface area contributed by atoms with Gasteiger partial charge in [0.15, 0.2) is 0 Å². The van der Waals surface area contributed by atoms with E-state index in [1.54, 1.807) is 30.3 Å². The van der Waals surface area contributed by atoms with Crippen LogP contribution in [0.1, 0.15) is 6.42 Å². The number of carbonyl (C=O) groups excluding carboxylic acids is 1. The predicted octanol–water partition coefficient (Wildman–Crippen LogP) is 2.38. The molecule has 1 atom stereocenters. The first kappa shape index (κ1) is 11.6.